The van der Waals surface area contributed by atoms with E-state index < -0.39 is 17.7 Å². The van der Waals surface area contributed by atoms with Crippen molar-refractivity contribution in [2.75, 3.05) is 52.8 Å². The molecule has 1 atom stereocenters. The normalized spacial score (nSPS) is 17.3. The third-order valence-electron chi connectivity index (χ3n) is 6.14. The Morgan fingerprint density at radius 3 is 2.37 bits per heavy atom. The molecule has 1 saturated heterocycles. The van der Waals surface area contributed by atoms with E-state index in [0.29, 0.717) is 30.9 Å². The number of rotatable bonds is 11. The molecule has 3 rings (SSSR count). The molecule has 1 aliphatic heterocycles. The lowest BCUT2D eigenvalue weighted by atomic mass is 9.95. The first-order valence-electron chi connectivity index (χ1n) is 12.2. The Bertz CT molecular complexity index is 1060. The molecule has 1 heterocycles. The number of carbonyl (C=O) groups is 2. The van der Waals surface area contributed by atoms with Crippen molar-refractivity contribution < 1.29 is 19.4 Å². The van der Waals surface area contributed by atoms with Gasteiger partial charge in [0.25, 0.3) is 11.7 Å². The summed E-state index contributed by atoms with van der Waals surface area (Å²) < 4.78 is 5.79. The molecule has 188 valence electrons. The highest BCUT2D eigenvalue weighted by molar-refractivity contribution is 6.46. The van der Waals surface area contributed by atoms with E-state index in [4.69, 9.17) is 4.74 Å². The summed E-state index contributed by atoms with van der Waals surface area (Å²) in [6.07, 6.45) is 2.66. The Morgan fingerprint density at radius 2 is 1.74 bits per heavy atom. The van der Waals surface area contributed by atoms with E-state index in [9.17, 15) is 14.7 Å². The van der Waals surface area contributed by atoms with Crippen LogP contribution >= 0.6 is 0 Å². The molecule has 0 aliphatic carbocycles. The number of likely N-dealkylation sites (tertiary alicyclic amines) is 1. The molecule has 1 aliphatic rings. The third kappa shape index (κ3) is 6.22. The van der Waals surface area contributed by atoms with Crippen LogP contribution in [0.5, 0.6) is 5.75 Å². The average Bonchev–Trinajstić information content (AvgIpc) is 3.09. The summed E-state index contributed by atoms with van der Waals surface area (Å²) in [5.74, 6) is -0.802. The van der Waals surface area contributed by atoms with Crippen LogP contribution in [-0.4, -0.2) is 74.5 Å². The summed E-state index contributed by atoms with van der Waals surface area (Å²) in [5.41, 5.74) is 2.37. The van der Waals surface area contributed by atoms with E-state index in [-0.39, 0.29) is 11.3 Å². The Labute approximate surface area is 208 Å². The highest BCUT2D eigenvalue weighted by Crippen LogP contribution is 2.40. The van der Waals surface area contributed by atoms with Gasteiger partial charge in [0, 0.05) is 31.9 Å². The van der Waals surface area contributed by atoms with Gasteiger partial charge in [-0.15, -0.1) is 0 Å². The van der Waals surface area contributed by atoms with E-state index in [1.54, 1.807) is 23.1 Å². The SMILES string of the molecule is CCCCOc1cccc(C(O)=C2C(=O)C(=O)N(CCCN(C)C)C2c2ccc(N(C)C)cc2)c1. The van der Waals surface area contributed by atoms with Crippen LogP contribution in [0.15, 0.2) is 54.1 Å². The maximum Gasteiger partial charge on any atom is 0.295 e. The summed E-state index contributed by atoms with van der Waals surface area (Å²) in [6, 6.07) is 14.1. The second kappa shape index (κ2) is 11.9. The lowest BCUT2D eigenvalue weighted by Crippen LogP contribution is -2.32. The van der Waals surface area contributed by atoms with Gasteiger partial charge in [0.05, 0.1) is 18.2 Å². The molecule has 7 nitrogen and oxygen atoms in total. The average molecular weight is 480 g/mol. The lowest BCUT2D eigenvalue weighted by molar-refractivity contribution is -0.139. The smallest absolute Gasteiger partial charge is 0.295 e. The van der Waals surface area contributed by atoms with Crippen molar-refractivity contribution in [1.29, 1.82) is 0 Å². The van der Waals surface area contributed by atoms with Crippen LogP contribution in [0.2, 0.25) is 0 Å². The number of aliphatic hydroxyl groups is 1. The minimum Gasteiger partial charge on any atom is -0.507 e. The number of ether oxygens (including phenoxy) is 1. The number of amides is 1. The van der Waals surface area contributed by atoms with E-state index in [2.05, 4.69) is 6.92 Å². The van der Waals surface area contributed by atoms with Crippen LogP contribution in [-0.2, 0) is 9.59 Å². The first-order chi connectivity index (χ1) is 16.7. The Hall–Kier alpha value is -3.32. The van der Waals surface area contributed by atoms with Crippen molar-refractivity contribution >= 4 is 23.1 Å². The first-order valence-corrected chi connectivity index (χ1v) is 12.2. The Kier molecular flexibility index (Phi) is 8.93. The summed E-state index contributed by atoms with van der Waals surface area (Å²) in [4.78, 5) is 32.0. The van der Waals surface area contributed by atoms with Crippen LogP contribution in [0, 0.1) is 0 Å². The quantitative estimate of drug-likeness (QED) is 0.224. The highest BCUT2D eigenvalue weighted by Gasteiger charge is 2.45. The van der Waals surface area contributed by atoms with Gasteiger partial charge in [0.15, 0.2) is 0 Å². The fourth-order valence-electron chi connectivity index (χ4n) is 4.19. The van der Waals surface area contributed by atoms with Crippen LogP contribution in [0.4, 0.5) is 5.69 Å². The molecule has 0 spiro atoms. The predicted molar refractivity (Wildman–Crippen MR) is 140 cm³/mol. The van der Waals surface area contributed by atoms with Crippen molar-refractivity contribution in [2.24, 2.45) is 0 Å². The molecule has 35 heavy (non-hydrogen) atoms. The van der Waals surface area contributed by atoms with Gasteiger partial charge in [0.2, 0.25) is 0 Å². The van der Waals surface area contributed by atoms with E-state index in [1.165, 1.54) is 0 Å². The van der Waals surface area contributed by atoms with Gasteiger partial charge in [-0.2, -0.15) is 0 Å². The second-order valence-corrected chi connectivity index (χ2v) is 9.37. The number of unbranched alkanes of at least 4 members (excludes halogenated alkanes) is 1. The van der Waals surface area contributed by atoms with E-state index in [0.717, 1.165) is 30.6 Å². The summed E-state index contributed by atoms with van der Waals surface area (Å²) in [6.45, 7) is 3.87. The van der Waals surface area contributed by atoms with E-state index >= 15 is 0 Å². The largest absolute Gasteiger partial charge is 0.507 e. The third-order valence-corrected chi connectivity index (χ3v) is 6.14. The predicted octanol–water partition coefficient (Wildman–Crippen LogP) is 4.30. The van der Waals surface area contributed by atoms with Crippen LogP contribution in [0.3, 0.4) is 0 Å². The molecule has 2 aromatic carbocycles. The highest BCUT2D eigenvalue weighted by atomic mass is 16.5. The molecular formula is C28H37N3O4. The Balaban J connectivity index is 2.04. The van der Waals surface area contributed by atoms with Gasteiger partial charge in [-0.05, 0) is 63.3 Å². The van der Waals surface area contributed by atoms with Crippen molar-refractivity contribution in [3.63, 3.8) is 0 Å². The molecule has 2 aromatic rings. The standard InChI is InChI=1S/C28H37N3O4/c1-6-7-18-35-23-11-8-10-21(19-23)26(32)24-25(20-12-14-22(15-13-20)30(4)5)31(28(34)27(24)33)17-9-16-29(2)3/h8,10-15,19,25,32H,6-7,9,16-18H2,1-5H3. The Morgan fingerprint density at radius 1 is 1.03 bits per heavy atom. The van der Waals surface area contributed by atoms with Gasteiger partial charge in [0.1, 0.15) is 11.5 Å². The zero-order valence-electron chi connectivity index (χ0n) is 21.5. The molecule has 0 aromatic heterocycles. The molecule has 7 heteroatoms. The fourth-order valence-corrected chi connectivity index (χ4v) is 4.19. The molecule has 1 fully saturated rings. The molecule has 0 saturated carbocycles. The number of Topliss-reactive ketones (excluding diaryl/α,β-unsaturated/α-hetero) is 1. The van der Waals surface area contributed by atoms with Crippen molar-refractivity contribution in [2.45, 2.75) is 32.2 Å². The molecule has 1 N–H and O–H groups in total. The fraction of sp³-hybridized carbons (Fsp3) is 0.429. The summed E-state index contributed by atoms with van der Waals surface area (Å²) in [5, 5.41) is 11.3. The van der Waals surface area contributed by atoms with Gasteiger partial charge in [-0.3, -0.25) is 9.59 Å². The number of benzene rings is 2. The lowest BCUT2D eigenvalue weighted by Gasteiger charge is -2.26. The van der Waals surface area contributed by atoms with Crippen molar-refractivity contribution in [3.8, 4) is 5.75 Å². The number of ketones is 1. The topological polar surface area (TPSA) is 73.3 Å². The summed E-state index contributed by atoms with van der Waals surface area (Å²) in [7, 11) is 7.86. The van der Waals surface area contributed by atoms with Crippen LogP contribution in [0.1, 0.15) is 43.4 Å². The number of hydrogen-bond donors (Lipinski definition) is 1. The van der Waals surface area contributed by atoms with Gasteiger partial charge < -0.3 is 24.5 Å². The molecule has 1 amide bonds. The number of carbonyl (C=O) groups excluding carboxylic acids is 2. The van der Waals surface area contributed by atoms with E-state index in [1.807, 2.05) is 68.3 Å². The van der Waals surface area contributed by atoms with Gasteiger partial charge >= 0.3 is 0 Å². The maximum absolute atomic E-state index is 13.2. The second-order valence-electron chi connectivity index (χ2n) is 9.37. The van der Waals surface area contributed by atoms with Crippen molar-refractivity contribution in [1.82, 2.24) is 9.80 Å². The maximum atomic E-state index is 13.2. The minimum absolute atomic E-state index is 0.114. The molecular weight excluding hydrogens is 442 g/mol. The van der Waals surface area contributed by atoms with Crippen LogP contribution < -0.4 is 9.64 Å². The number of aliphatic hydroxyl groups excluding tert-OH is 1. The number of nitrogens with zero attached hydrogens (tertiary/aromatic N) is 3. The first kappa shape index (κ1) is 26.3. The van der Waals surface area contributed by atoms with Gasteiger partial charge in [-0.25, -0.2) is 0 Å². The number of hydrogen-bond acceptors (Lipinski definition) is 6. The molecule has 1 unspecified atom stereocenters. The van der Waals surface area contributed by atoms with Crippen LogP contribution in [0.25, 0.3) is 5.76 Å². The van der Waals surface area contributed by atoms with Gasteiger partial charge in [-0.1, -0.05) is 37.6 Å². The van der Waals surface area contributed by atoms with Crippen molar-refractivity contribution in [3.05, 3.63) is 65.2 Å². The molecule has 0 bridgehead atoms. The zero-order valence-corrected chi connectivity index (χ0v) is 21.5. The monoisotopic (exact) mass is 479 g/mol. The zero-order chi connectivity index (χ0) is 25.5. The molecule has 0 radical (unpaired) electrons. The number of anilines is 1. The summed E-state index contributed by atoms with van der Waals surface area (Å²) >= 11 is 0. The minimum atomic E-state index is -0.661.